The SMILES string of the molecule is CC(C)(C)OC(=O)N1CCC(COc2ccc(C3=CCC(C(=O)N4CCC5(CC4)OCCO5)CC3)cc2)CC1. The van der Waals surface area contributed by atoms with Gasteiger partial charge in [-0.2, -0.15) is 0 Å². The van der Waals surface area contributed by atoms with Gasteiger partial charge in [0.15, 0.2) is 5.79 Å². The summed E-state index contributed by atoms with van der Waals surface area (Å²) in [6, 6.07) is 8.33. The molecule has 1 spiro atoms. The average Bonchev–Trinajstić information content (AvgIpc) is 3.39. The van der Waals surface area contributed by atoms with Gasteiger partial charge in [-0.15, -0.1) is 0 Å². The minimum Gasteiger partial charge on any atom is -0.493 e. The fourth-order valence-corrected chi connectivity index (χ4v) is 6.02. The standard InChI is InChI=1S/C31H44N2O6/c1-30(2,3)39-29(35)33-16-12-23(13-17-33)22-36-27-10-8-25(9-11-27)24-4-6-26(7-5-24)28(34)32-18-14-31(15-19-32)37-20-21-38-31/h4,8-11,23,26H,5-7,12-22H2,1-3H3. The lowest BCUT2D eigenvalue weighted by molar-refractivity contribution is -0.188. The van der Waals surface area contributed by atoms with Crippen LogP contribution >= 0.6 is 0 Å². The van der Waals surface area contributed by atoms with E-state index in [0.717, 1.165) is 63.8 Å². The highest BCUT2D eigenvalue weighted by Crippen LogP contribution is 2.35. The summed E-state index contributed by atoms with van der Waals surface area (Å²) in [7, 11) is 0. The van der Waals surface area contributed by atoms with E-state index in [0.29, 0.717) is 38.8 Å². The van der Waals surface area contributed by atoms with Crippen molar-refractivity contribution in [2.24, 2.45) is 11.8 Å². The third-order valence-electron chi connectivity index (χ3n) is 8.39. The number of carbonyl (C=O) groups excluding carboxylic acids is 2. The minimum absolute atomic E-state index is 0.0672. The monoisotopic (exact) mass is 540 g/mol. The molecule has 0 radical (unpaired) electrons. The predicted octanol–water partition coefficient (Wildman–Crippen LogP) is 5.26. The molecule has 1 unspecified atom stereocenters. The fraction of sp³-hybridized carbons (Fsp3) is 0.677. The number of allylic oxidation sites excluding steroid dienone is 2. The lowest BCUT2D eigenvalue weighted by atomic mass is 9.85. The molecule has 1 aromatic carbocycles. The Morgan fingerprint density at radius 2 is 1.62 bits per heavy atom. The maximum atomic E-state index is 13.1. The normalized spacial score (nSPS) is 24.0. The quantitative estimate of drug-likeness (QED) is 0.507. The molecule has 2 amide bonds. The molecule has 39 heavy (non-hydrogen) atoms. The van der Waals surface area contributed by atoms with E-state index in [1.807, 2.05) is 37.8 Å². The smallest absolute Gasteiger partial charge is 0.410 e. The Morgan fingerprint density at radius 3 is 2.21 bits per heavy atom. The Labute approximate surface area is 232 Å². The molecule has 1 atom stereocenters. The van der Waals surface area contributed by atoms with Gasteiger partial charge in [0.1, 0.15) is 11.4 Å². The highest BCUT2D eigenvalue weighted by Gasteiger charge is 2.41. The molecular formula is C31H44N2O6. The fourth-order valence-electron chi connectivity index (χ4n) is 6.02. The average molecular weight is 541 g/mol. The predicted molar refractivity (Wildman–Crippen MR) is 148 cm³/mol. The molecule has 0 N–H and O–H groups in total. The van der Waals surface area contributed by atoms with Crippen molar-refractivity contribution >= 4 is 17.6 Å². The van der Waals surface area contributed by atoms with Crippen molar-refractivity contribution in [1.29, 1.82) is 0 Å². The summed E-state index contributed by atoms with van der Waals surface area (Å²) in [5.74, 6) is 1.21. The Hall–Kier alpha value is -2.58. The van der Waals surface area contributed by atoms with Gasteiger partial charge in [0.2, 0.25) is 5.91 Å². The van der Waals surface area contributed by atoms with Crippen molar-refractivity contribution in [2.45, 2.75) is 77.1 Å². The van der Waals surface area contributed by atoms with E-state index >= 15 is 0 Å². The van der Waals surface area contributed by atoms with Crippen LogP contribution in [0.15, 0.2) is 30.3 Å². The van der Waals surface area contributed by atoms with Crippen molar-refractivity contribution in [1.82, 2.24) is 9.80 Å². The van der Waals surface area contributed by atoms with Crippen molar-refractivity contribution in [2.75, 3.05) is 46.0 Å². The van der Waals surface area contributed by atoms with Crippen LogP contribution in [-0.2, 0) is 19.0 Å². The lowest BCUT2D eigenvalue weighted by Gasteiger charge is -2.39. The molecule has 3 fully saturated rings. The number of carbonyl (C=O) groups is 2. The van der Waals surface area contributed by atoms with Crippen LogP contribution < -0.4 is 4.74 Å². The number of rotatable bonds is 5. The van der Waals surface area contributed by atoms with Crippen molar-refractivity contribution in [3.05, 3.63) is 35.9 Å². The van der Waals surface area contributed by atoms with Crippen molar-refractivity contribution < 1.29 is 28.5 Å². The number of nitrogens with zero attached hydrogens (tertiary/aromatic N) is 2. The van der Waals surface area contributed by atoms with E-state index in [9.17, 15) is 9.59 Å². The first-order chi connectivity index (χ1) is 18.7. The summed E-state index contributed by atoms with van der Waals surface area (Å²) in [6.07, 6.45) is 8.00. The minimum atomic E-state index is -0.464. The van der Waals surface area contributed by atoms with E-state index in [1.165, 1.54) is 11.1 Å². The van der Waals surface area contributed by atoms with Gasteiger partial charge in [0, 0.05) is 44.9 Å². The summed E-state index contributed by atoms with van der Waals surface area (Å²) in [5.41, 5.74) is 2.05. The van der Waals surface area contributed by atoms with Crippen LogP contribution in [0.4, 0.5) is 4.79 Å². The second kappa shape index (κ2) is 11.9. The number of amides is 2. The molecule has 3 aliphatic heterocycles. The van der Waals surface area contributed by atoms with Crippen LogP contribution in [0.25, 0.3) is 5.57 Å². The summed E-state index contributed by atoms with van der Waals surface area (Å²) in [5, 5.41) is 0. The highest BCUT2D eigenvalue weighted by atomic mass is 16.7. The molecule has 0 saturated carbocycles. The first-order valence-corrected chi connectivity index (χ1v) is 14.7. The van der Waals surface area contributed by atoms with E-state index in [-0.39, 0.29) is 17.9 Å². The van der Waals surface area contributed by atoms with Crippen molar-refractivity contribution in [3.8, 4) is 5.75 Å². The summed E-state index contributed by atoms with van der Waals surface area (Å²) < 4.78 is 23.2. The van der Waals surface area contributed by atoms with Gasteiger partial charge in [-0.1, -0.05) is 18.2 Å². The zero-order chi connectivity index (χ0) is 27.5. The maximum absolute atomic E-state index is 13.1. The molecule has 0 aromatic heterocycles. The van der Waals surface area contributed by atoms with Gasteiger partial charge in [-0.3, -0.25) is 4.79 Å². The Bertz CT molecular complexity index is 1020. The molecule has 214 valence electrons. The van der Waals surface area contributed by atoms with Crippen LogP contribution in [0, 0.1) is 11.8 Å². The number of hydrogen-bond donors (Lipinski definition) is 0. The number of ether oxygens (including phenoxy) is 4. The Balaban J connectivity index is 1.04. The first-order valence-electron chi connectivity index (χ1n) is 14.7. The first kappa shape index (κ1) is 28.0. The summed E-state index contributed by atoms with van der Waals surface area (Å²) in [4.78, 5) is 29.2. The topological polar surface area (TPSA) is 77.5 Å². The van der Waals surface area contributed by atoms with Crippen LogP contribution in [0.5, 0.6) is 5.75 Å². The zero-order valence-electron chi connectivity index (χ0n) is 23.8. The van der Waals surface area contributed by atoms with E-state index in [2.05, 4.69) is 18.2 Å². The molecule has 3 saturated heterocycles. The van der Waals surface area contributed by atoms with Gasteiger partial charge in [-0.05, 0) is 82.1 Å². The zero-order valence-corrected chi connectivity index (χ0v) is 23.8. The van der Waals surface area contributed by atoms with Gasteiger partial charge < -0.3 is 28.7 Å². The largest absolute Gasteiger partial charge is 0.493 e. The summed E-state index contributed by atoms with van der Waals surface area (Å²) >= 11 is 0. The van der Waals surface area contributed by atoms with Crippen LogP contribution in [0.3, 0.4) is 0 Å². The molecule has 1 aliphatic carbocycles. The maximum Gasteiger partial charge on any atom is 0.410 e. The molecule has 5 rings (SSSR count). The van der Waals surface area contributed by atoms with Crippen molar-refractivity contribution in [3.63, 3.8) is 0 Å². The number of hydrogen-bond acceptors (Lipinski definition) is 6. The molecule has 4 aliphatic rings. The second-order valence-electron chi connectivity index (χ2n) is 12.4. The van der Waals surface area contributed by atoms with Gasteiger partial charge in [0.05, 0.1) is 19.8 Å². The Kier molecular flexibility index (Phi) is 8.52. The molecule has 3 heterocycles. The van der Waals surface area contributed by atoms with E-state index in [1.54, 1.807) is 4.90 Å². The molecule has 1 aromatic rings. The van der Waals surface area contributed by atoms with Gasteiger partial charge in [0.25, 0.3) is 0 Å². The van der Waals surface area contributed by atoms with Gasteiger partial charge >= 0.3 is 6.09 Å². The third kappa shape index (κ3) is 7.14. The molecular weight excluding hydrogens is 496 g/mol. The molecule has 8 heteroatoms. The van der Waals surface area contributed by atoms with Crippen LogP contribution in [-0.4, -0.2) is 79.2 Å². The van der Waals surface area contributed by atoms with E-state index < -0.39 is 11.4 Å². The number of likely N-dealkylation sites (tertiary alicyclic amines) is 2. The second-order valence-corrected chi connectivity index (χ2v) is 12.4. The highest BCUT2D eigenvalue weighted by molar-refractivity contribution is 5.81. The Morgan fingerprint density at radius 1 is 0.949 bits per heavy atom. The molecule has 0 bridgehead atoms. The van der Waals surface area contributed by atoms with Crippen LogP contribution in [0.1, 0.15) is 71.3 Å². The third-order valence-corrected chi connectivity index (χ3v) is 8.39. The number of piperidine rings is 2. The van der Waals surface area contributed by atoms with E-state index in [4.69, 9.17) is 18.9 Å². The van der Waals surface area contributed by atoms with Gasteiger partial charge in [-0.25, -0.2) is 4.79 Å². The lowest BCUT2D eigenvalue weighted by Crippen LogP contribution is -2.49. The summed E-state index contributed by atoms with van der Waals surface area (Å²) in [6.45, 7) is 10.5. The van der Waals surface area contributed by atoms with Crippen LogP contribution in [0.2, 0.25) is 0 Å². The molecule has 8 nitrogen and oxygen atoms in total. The number of benzene rings is 1.